The Balaban J connectivity index is 1.41. The quantitative estimate of drug-likeness (QED) is 0.458. The molecule has 0 atom stereocenters. The highest BCUT2D eigenvalue weighted by atomic mass is 79.9. The van der Waals surface area contributed by atoms with Crippen molar-refractivity contribution < 1.29 is 13.6 Å². The highest BCUT2D eigenvalue weighted by Gasteiger charge is 2.16. The molecule has 1 N–H and O–H groups in total. The third kappa shape index (κ3) is 4.18. The second-order valence-electron chi connectivity index (χ2n) is 6.72. The van der Waals surface area contributed by atoms with Gasteiger partial charge in [0, 0.05) is 5.56 Å². The highest BCUT2D eigenvalue weighted by Crippen LogP contribution is 2.21. The van der Waals surface area contributed by atoms with E-state index in [9.17, 15) is 9.18 Å². The molecular weight excluding hydrogens is 455 g/mol. The van der Waals surface area contributed by atoms with Crippen molar-refractivity contribution >= 4 is 27.8 Å². The molecule has 0 aliphatic heterocycles. The number of hydrogen-bond acceptors (Lipinski definition) is 5. The van der Waals surface area contributed by atoms with Crippen LogP contribution in [0.2, 0.25) is 0 Å². The van der Waals surface area contributed by atoms with Crippen LogP contribution in [0.5, 0.6) is 0 Å². The van der Waals surface area contributed by atoms with Crippen LogP contribution in [0.25, 0.3) is 0 Å². The van der Waals surface area contributed by atoms with Gasteiger partial charge in [0.05, 0.1) is 29.0 Å². The number of amides is 1. The maximum atomic E-state index is 13.8. The number of nitrogens with zero attached hydrogens (tertiary/aromatic N) is 5. The van der Waals surface area contributed by atoms with Crippen LogP contribution in [0.3, 0.4) is 0 Å². The van der Waals surface area contributed by atoms with Crippen molar-refractivity contribution in [1.82, 2.24) is 24.5 Å². The van der Waals surface area contributed by atoms with Crippen molar-refractivity contribution in [1.29, 1.82) is 0 Å². The molecule has 1 amide bonds. The summed E-state index contributed by atoms with van der Waals surface area (Å²) in [4.78, 5) is 16.5. The molecule has 30 heavy (non-hydrogen) atoms. The number of carbonyl (C=O) groups is 1. The van der Waals surface area contributed by atoms with Gasteiger partial charge in [0.2, 0.25) is 5.95 Å². The number of furan rings is 1. The summed E-state index contributed by atoms with van der Waals surface area (Å²) in [6, 6.07) is 9.73. The lowest BCUT2D eigenvalue weighted by Crippen LogP contribution is -2.13. The Hall–Kier alpha value is -3.27. The van der Waals surface area contributed by atoms with Crippen LogP contribution in [-0.4, -0.2) is 30.5 Å². The van der Waals surface area contributed by atoms with Gasteiger partial charge in [0.15, 0.2) is 5.76 Å². The Morgan fingerprint density at radius 2 is 1.97 bits per heavy atom. The molecule has 0 aliphatic rings. The summed E-state index contributed by atoms with van der Waals surface area (Å²) in [6.45, 7) is 4.47. The highest BCUT2D eigenvalue weighted by molar-refractivity contribution is 9.10. The number of hydrogen-bond donors (Lipinski definition) is 1. The maximum Gasteiger partial charge on any atom is 0.293 e. The van der Waals surface area contributed by atoms with E-state index >= 15 is 0 Å². The Labute approximate surface area is 179 Å². The van der Waals surface area contributed by atoms with E-state index in [1.807, 2.05) is 13.8 Å². The van der Waals surface area contributed by atoms with Gasteiger partial charge < -0.3 is 4.42 Å². The van der Waals surface area contributed by atoms with Crippen molar-refractivity contribution in [2.45, 2.75) is 26.9 Å². The van der Waals surface area contributed by atoms with E-state index < -0.39 is 5.91 Å². The van der Waals surface area contributed by atoms with Crippen LogP contribution in [0.15, 0.2) is 51.6 Å². The number of carbonyl (C=O) groups excluding carboxylic acids is 1. The van der Waals surface area contributed by atoms with E-state index in [-0.39, 0.29) is 24.1 Å². The summed E-state index contributed by atoms with van der Waals surface area (Å²) < 4.78 is 23.6. The topological polar surface area (TPSA) is 90.8 Å². The molecule has 0 spiro atoms. The summed E-state index contributed by atoms with van der Waals surface area (Å²) in [7, 11) is 0. The summed E-state index contributed by atoms with van der Waals surface area (Å²) in [5, 5.41) is 11.2. The number of aryl methyl sites for hydroxylation is 1. The number of aromatic nitrogens is 5. The van der Waals surface area contributed by atoms with Gasteiger partial charge in [-0.2, -0.15) is 5.10 Å². The summed E-state index contributed by atoms with van der Waals surface area (Å²) in [5.41, 5.74) is 2.33. The van der Waals surface area contributed by atoms with Crippen LogP contribution in [-0.2, 0) is 13.1 Å². The summed E-state index contributed by atoms with van der Waals surface area (Å²) in [6.07, 6.45) is 1.43. The molecule has 0 bridgehead atoms. The third-order valence-corrected chi connectivity index (χ3v) is 5.68. The van der Waals surface area contributed by atoms with Crippen LogP contribution < -0.4 is 5.32 Å². The van der Waals surface area contributed by atoms with Gasteiger partial charge in [0.1, 0.15) is 17.9 Å². The molecule has 0 aliphatic carbocycles. The van der Waals surface area contributed by atoms with Crippen molar-refractivity contribution in [2.24, 2.45) is 0 Å². The monoisotopic (exact) mass is 472 g/mol. The molecule has 1 aromatic carbocycles. The van der Waals surface area contributed by atoms with Gasteiger partial charge in [-0.15, -0.1) is 5.10 Å². The Morgan fingerprint density at radius 1 is 1.17 bits per heavy atom. The Morgan fingerprint density at radius 3 is 2.70 bits per heavy atom. The first-order chi connectivity index (χ1) is 14.4. The van der Waals surface area contributed by atoms with Crippen LogP contribution in [0, 0.1) is 19.7 Å². The summed E-state index contributed by atoms with van der Waals surface area (Å²) in [5.74, 6) is 0.0416. The molecule has 0 radical (unpaired) electrons. The Bertz CT molecular complexity index is 1210. The fraction of sp³-hybridized carbons (Fsp3) is 0.200. The predicted molar refractivity (Wildman–Crippen MR) is 111 cm³/mol. The molecule has 3 heterocycles. The first kappa shape index (κ1) is 20.0. The predicted octanol–water partition coefficient (Wildman–Crippen LogP) is 3.93. The molecule has 8 nitrogen and oxygen atoms in total. The molecule has 0 fully saturated rings. The van der Waals surface area contributed by atoms with E-state index in [4.69, 9.17) is 4.42 Å². The van der Waals surface area contributed by atoms with Gasteiger partial charge in [-0.1, -0.05) is 18.2 Å². The zero-order valence-corrected chi connectivity index (χ0v) is 17.9. The average Bonchev–Trinajstić information content (AvgIpc) is 3.42. The lowest BCUT2D eigenvalue weighted by atomic mass is 10.2. The zero-order chi connectivity index (χ0) is 21.3. The van der Waals surface area contributed by atoms with Gasteiger partial charge in [-0.05, 0) is 48.0 Å². The maximum absolute atomic E-state index is 13.8. The van der Waals surface area contributed by atoms with Gasteiger partial charge >= 0.3 is 0 Å². The second-order valence-corrected chi connectivity index (χ2v) is 7.51. The van der Waals surface area contributed by atoms with E-state index in [2.05, 4.69) is 36.4 Å². The smallest absolute Gasteiger partial charge is 0.293 e. The second kappa shape index (κ2) is 8.23. The third-order valence-electron chi connectivity index (χ3n) is 4.54. The molecule has 0 saturated heterocycles. The van der Waals surface area contributed by atoms with E-state index in [0.29, 0.717) is 17.9 Å². The molecule has 4 aromatic rings. The number of rotatable bonds is 6. The van der Waals surface area contributed by atoms with Crippen molar-refractivity contribution in [2.75, 3.05) is 5.32 Å². The van der Waals surface area contributed by atoms with E-state index in [0.717, 1.165) is 15.9 Å². The number of anilines is 1. The SMILES string of the molecule is Cc1nn(Cc2ccc(C(=O)Nc3ncn(Cc4ccccc4F)n3)o2)c(C)c1Br. The van der Waals surface area contributed by atoms with Gasteiger partial charge in [-0.25, -0.2) is 14.1 Å². The molecule has 0 unspecified atom stereocenters. The molecule has 3 aromatic heterocycles. The fourth-order valence-corrected chi connectivity index (χ4v) is 3.24. The minimum Gasteiger partial charge on any atom is -0.454 e. The van der Waals surface area contributed by atoms with Crippen molar-refractivity contribution in [3.05, 3.63) is 81.5 Å². The van der Waals surface area contributed by atoms with E-state index in [1.54, 1.807) is 35.0 Å². The average molecular weight is 473 g/mol. The standard InChI is InChI=1S/C20H18BrFN6O2/c1-12-18(21)13(2)28(25-12)10-15-7-8-17(30-15)19(29)24-20-23-11-27(26-20)9-14-5-3-4-6-16(14)22/h3-8,11H,9-10H2,1-2H3,(H,24,26,29). The number of nitrogens with one attached hydrogen (secondary N) is 1. The molecule has 0 saturated carbocycles. The number of halogens is 2. The van der Waals surface area contributed by atoms with Crippen LogP contribution in [0.1, 0.15) is 33.3 Å². The van der Waals surface area contributed by atoms with E-state index in [1.165, 1.54) is 17.1 Å². The number of benzene rings is 1. The van der Waals surface area contributed by atoms with Gasteiger partial charge in [-0.3, -0.25) is 14.8 Å². The first-order valence-electron chi connectivity index (χ1n) is 9.13. The molecule has 4 rings (SSSR count). The minimum atomic E-state index is -0.473. The first-order valence-corrected chi connectivity index (χ1v) is 9.92. The zero-order valence-electron chi connectivity index (χ0n) is 16.3. The Kier molecular flexibility index (Phi) is 5.49. The normalized spacial score (nSPS) is 11.1. The largest absolute Gasteiger partial charge is 0.454 e. The lowest BCUT2D eigenvalue weighted by Gasteiger charge is -2.02. The lowest BCUT2D eigenvalue weighted by molar-refractivity contribution is 0.0993. The molecule has 10 heteroatoms. The van der Waals surface area contributed by atoms with Crippen molar-refractivity contribution in [3.8, 4) is 0 Å². The minimum absolute atomic E-state index is 0.108. The van der Waals surface area contributed by atoms with Crippen molar-refractivity contribution in [3.63, 3.8) is 0 Å². The fourth-order valence-electron chi connectivity index (χ4n) is 2.95. The summed E-state index contributed by atoms with van der Waals surface area (Å²) >= 11 is 3.49. The molecular formula is C20H18BrFN6O2. The molecule has 154 valence electrons. The van der Waals surface area contributed by atoms with Crippen LogP contribution >= 0.6 is 15.9 Å². The van der Waals surface area contributed by atoms with Crippen LogP contribution in [0.4, 0.5) is 10.3 Å². The van der Waals surface area contributed by atoms with Gasteiger partial charge in [0.25, 0.3) is 5.91 Å².